The van der Waals surface area contributed by atoms with Crippen LogP contribution in [0.4, 0.5) is 10.5 Å². The van der Waals surface area contributed by atoms with Crippen LogP contribution in [0.3, 0.4) is 0 Å². The number of nitrogens with one attached hydrogen (secondary N) is 1. The molecule has 4 rings (SSSR count). The van der Waals surface area contributed by atoms with E-state index in [-0.39, 0.29) is 23.6 Å². The van der Waals surface area contributed by atoms with E-state index >= 15 is 0 Å². The molecule has 0 bridgehead atoms. The Bertz CT molecular complexity index is 1240. The molecule has 1 aliphatic heterocycles. The SMILES string of the molecule is CCOC(=O)NC1CCN(c2ccc(-n3cnn(C(CC)C(=O)c4ccc(Br)cc4)c3=O)cc2)CC1. The predicted octanol–water partition coefficient (Wildman–Crippen LogP) is 4.35. The smallest absolute Gasteiger partial charge is 0.407 e. The van der Waals surface area contributed by atoms with Gasteiger partial charge in [0.2, 0.25) is 0 Å². The molecule has 1 atom stereocenters. The normalized spacial score (nSPS) is 14.9. The molecule has 1 aliphatic rings. The number of hydrogen-bond donors (Lipinski definition) is 1. The topological polar surface area (TPSA) is 98.5 Å². The van der Waals surface area contributed by atoms with Crippen molar-refractivity contribution in [3.8, 4) is 5.69 Å². The van der Waals surface area contributed by atoms with Crippen LogP contribution >= 0.6 is 15.9 Å². The van der Waals surface area contributed by atoms with Crippen LogP contribution in [-0.2, 0) is 4.74 Å². The van der Waals surface area contributed by atoms with E-state index in [9.17, 15) is 14.4 Å². The van der Waals surface area contributed by atoms with Crippen LogP contribution in [0.25, 0.3) is 5.69 Å². The summed E-state index contributed by atoms with van der Waals surface area (Å²) < 4.78 is 8.57. The second-order valence-electron chi connectivity index (χ2n) is 8.67. The number of benzene rings is 2. The largest absolute Gasteiger partial charge is 0.450 e. The number of nitrogens with zero attached hydrogens (tertiary/aromatic N) is 4. The molecule has 3 aromatic rings. The van der Waals surface area contributed by atoms with E-state index in [1.54, 1.807) is 19.1 Å². The molecule has 2 heterocycles. The third-order valence-corrected chi connectivity index (χ3v) is 6.92. The van der Waals surface area contributed by atoms with Crippen LogP contribution in [0, 0.1) is 0 Å². The number of carbonyl (C=O) groups is 2. The van der Waals surface area contributed by atoms with Gasteiger partial charge in [0.05, 0.1) is 12.3 Å². The lowest BCUT2D eigenvalue weighted by Crippen LogP contribution is -2.44. The number of hydrogen-bond acceptors (Lipinski definition) is 6. The number of alkyl carbamates (subject to hydrolysis) is 1. The quantitative estimate of drug-likeness (QED) is 0.415. The third kappa shape index (κ3) is 5.70. The number of piperidine rings is 1. The van der Waals surface area contributed by atoms with E-state index in [2.05, 4.69) is 31.2 Å². The van der Waals surface area contributed by atoms with Crippen molar-refractivity contribution in [2.24, 2.45) is 0 Å². The maximum absolute atomic E-state index is 13.2. The van der Waals surface area contributed by atoms with Crippen molar-refractivity contribution in [1.82, 2.24) is 19.7 Å². The lowest BCUT2D eigenvalue weighted by molar-refractivity contribution is 0.0911. The second-order valence-corrected chi connectivity index (χ2v) is 9.58. The van der Waals surface area contributed by atoms with Crippen molar-refractivity contribution in [1.29, 1.82) is 0 Å². The van der Waals surface area contributed by atoms with Gasteiger partial charge in [-0.25, -0.2) is 18.8 Å². The first-order valence-corrected chi connectivity index (χ1v) is 12.9. The first kappa shape index (κ1) is 25.7. The van der Waals surface area contributed by atoms with Gasteiger partial charge in [-0.2, -0.15) is 5.10 Å². The Morgan fingerprint density at radius 1 is 1.06 bits per heavy atom. The summed E-state index contributed by atoms with van der Waals surface area (Å²) in [6.45, 7) is 5.64. The summed E-state index contributed by atoms with van der Waals surface area (Å²) in [6.07, 6.45) is 3.21. The van der Waals surface area contributed by atoms with Gasteiger partial charge < -0.3 is 15.0 Å². The highest BCUT2D eigenvalue weighted by molar-refractivity contribution is 9.10. The number of amides is 1. The lowest BCUT2D eigenvalue weighted by atomic mass is 10.0. The highest BCUT2D eigenvalue weighted by Crippen LogP contribution is 2.22. The standard InChI is InChI=1S/C26H30BrN5O4/c1-3-23(24(33)18-5-7-19(27)8-6-18)32-26(35)31(17-28-32)22-11-9-21(10-12-22)30-15-13-20(14-16-30)29-25(34)36-4-2/h5-12,17,20,23H,3-4,13-16H2,1-2H3,(H,29,34). The molecular formula is C26H30BrN5O4. The molecule has 0 saturated carbocycles. The average Bonchev–Trinajstić information content (AvgIpc) is 3.26. The molecule has 190 valence electrons. The van der Waals surface area contributed by atoms with E-state index in [0.717, 1.165) is 36.1 Å². The molecule has 1 amide bonds. The molecule has 0 spiro atoms. The zero-order chi connectivity index (χ0) is 25.7. The van der Waals surface area contributed by atoms with Gasteiger partial charge in [-0.1, -0.05) is 35.0 Å². The molecule has 0 radical (unpaired) electrons. The minimum atomic E-state index is -0.677. The number of aromatic nitrogens is 3. The second kappa shape index (κ2) is 11.6. The highest BCUT2D eigenvalue weighted by atomic mass is 79.9. The zero-order valence-electron chi connectivity index (χ0n) is 20.4. The van der Waals surface area contributed by atoms with Gasteiger partial charge >= 0.3 is 11.8 Å². The third-order valence-electron chi connectivity index (χ3n) is 6.39. The minimum Gasteiger partial charge on any atom is -0.450 e. The first-order chi connectivity index (χ1) is 17.4. The van der Waals surface area contributed by atoms with E-state index in [4.69, 9.17) is 4.74 Å². The van der Waals surface area contributed by atoms with Crippen molar-refractivity contribution < 1.29 is 14.3 Å². The van der Waals surface area contributed by atoms with Crippen LogP contribution in [-0.4, -0.2) is 52.0 Å². The fourth-order valence-electron chi connectivity index (χ4n) is 4.43. The van der Waals surface area contributed by atoms with E-state index in [1.807, 2.05) is 43.3 Å². The van der Waals surface area contributed by atoms with Crippen LogP contribution < -0.4 is 15.9 Å². The fraction of sp³-hybridized carbons (Fsp3) is 0.385. The van der Waals surface area contributed by atoms with Gasteiger partial charge in [-0.3, -0.25) is 4.79 Å². The van der Waals surface area contributed by atoms with Crippen LogP contribution in [0.2, 0.25) is 0 Å². The summed E-state index contributed by atoms with van der Waals surface area (Å²) in [7, 11) is 0. The summed E-state index contributed by atoms with van der Waals surface area (Å²) in [5.41, 5.74) is 1.91. The summed E-state index contributed by atoms with van der Waals surface area (Å²) in [4.78, 5) is 40.1. The number of carbonyl (C=O) groups excluding carboxylic acids is 2. The molecule has 9 nitrogen and oxygen atoms in total. The molecular weight excluding hydrogens is 526 g/mol. The van der Waals surface area contributed by atoms with Crippen molar-refractivity contribution in [2.75, 3.05) is 24.6 Å². The van der Waals surface area contributed by atoms with Crippen LogP contribution in [0.5, 0.6) is 0 Å². The van der Waals surface area contributed by atoms with E-state index in [0.29, 0.717) is 24.3 Å². The Morgan fingerprint density at radius 2 is 1.69 bits per heavy atom. The van der Waals surface area contributed by atoms with Crippen LogP contribution in [0.1, 0.15) is 49.5 Å². The highest BCUT2D eigenvalue weighted by Gasteiger charge is 2.25. The number of Topliss-reactive ketones (excluding diaryl/α,β-unsaturated/α-hetero) is 1. The maximum atomic E-state index is 13.2. The zero-order valence-corrected chi connectivity index (χ0v) is 22.0. The maximum Gasteiger partial charge on any atom is 0.407 e. The minimum absolute atomic E-state index is 0.107. The van der Waals surface area contributed by atoms with Gasteiger partial charge in [0.1, 0.15) is 12.4 Å². The molecule has 10 heteroatoms. The Labute approximate surface area is 218 Å². The fourth-order valence-corrected chi connectivity index (χ4v) is 4.69. The number of ketones is 1. The van der Waals surface area contributed by atoms with Crippen molar-refractivity contribution in [3.63, 3.8) is 0 Å². The molecule has 1 unspecified atom stereocenters. The Morgan fingerprint density at radius 3 is 2.31 bits per heavy atom. The molecule has 2 aromatic carbocycles. The summed E-state index contributed by atoms with van der Waals surface area (Å²) >= 11 is 3.38. The van der Waals surface area contributed by atoms with Gasteiger partial charge in [-0.05, 0) is 62.6 Å². The molecule has 1 aromatic heterocycles. The monoisotopic (exact) mass is 555 g/mol. The molecule has 0 aliphatic carbocycles. The van der Waals surface area contributed by atoms with Gasteiger partial charge in [-0.15, -0.1) is 0 Å². The van der Waals surface area contributed by atoms with Crippen molar-refractivity contribution in [2.45, 2.75) is 45.2 Å². The van der Waals surface area contributed by atoms with E-state index in [1.165, 1.54) is 15.6 Å². The lowest BCUT2D eigenvalue weighted by Gasteiger charge is -2.33. The summed E-state index contributed by atoms with van der Waals surface area (Å²) in [5, 5.41) is 7.17. The number of ether oxygens (including phenoxy) is 1. The van der Waals surface area contributed by atoms with Gasteiger partial charge in [0.15, 0.2) is 5.78 Å². The Hall–Kier alpha value is -3.40. The van der Waals surface area contributed by atoms with Gasteiger partial charge in [0.25, 0.3) is 0 Å². The Balaban J connectivity index is 1.44. The van der Waals surface area contributed by atoms with Crippen molar-refractivity contribution >= 4 is 33.5 Å². The van der Waals surface area contributed by atoms with Crippen LogP contribution in [0.15, 0.2) is 64.1 Å². The summed E-state index contributed by atoms with van der Waals surface area (Å²) in [5.74, 6) is -0.145. The molecule has 1 N–H and O–H groups in total. The average molecular weight is 556 g/mol. The van der Waals surface area contributed by atoms with E-state index < -0.39 is 6.04 Å². The number of anilines is 1. The summed E-state index contributed by atoms with van der Waals surface area (Å²) in [6, 6.07) is 14.2. The first-order valence-electron chi connectivity index (χ1n) is 12.2. The van der Waals surface area contributed by atoms with Gasteiger partial charge in [0, 0.05) is 34.9 Å². The molecule has 1 fully saturated rings. The molecule has 1 saturated heterocycles. The number of halogens is 1. The predicted molar refractivity (Wildman–Crippen MR) is 141 cm³/mol. The van der Waals surface area contributed by atoms with Crippen molar-refractivity contribution in [3.05, 3.63) is 75.4 Å². The molecule has 36 heavy (non-hydrogen) atoms. The Kier molecular flexibility index (Phi) is 8.25. The number of rotatable bonds is 8.